The van der Waals surface area contributed by atoms with E-state index in [1.54, 1.807) is 12.1 Å². The van der Waals surface area contributed by atoms with E-state index in [0.717, 1.165) is 6.54 Å². The molecule has 0 amide bonds. The minimum Gasteiger partial charge on any atom is -0.316 e. The normalized spacial score (nSPS) is 10.9. The molecule has 0 aliphatic carbocycles. The molecule has 1 N–H and O–H groups in total. The second kappa shape index (κ2) is 14.2. The lowest BCUT2D eigenvalue weighted by Crippen LogP contribution is -2.19. The van der Waals surface area contributed by atoms with Crippen LogP contribution in [0.5, 0.6) is 0 Å². The number of Topliss-reactive ketones (excluding diaryl/α,β-unsaturated/α-hetero) is 1. The fourth-order valence-electron chi connectivity index (χ4n) is 2.84. The van der Waals surface area contributed by atoms with Crippen LogP contribution in [0.3, 0.4) is 0 Å². The predicted octanol–water partition coefficient (Wildman–Crippen LogP) is 5.91. The van der Waals surface area contributed by atoms with Crippen LogP contribution in [-0.2, 0) is 0 Å². The van der Waals surface area contributed by atoms with Crippen molar-refractivity contribution in [3.05, 3.63) is 35.6 Å². The monoisotopic (exact) mass is 335 g/mol. The highest BCUT2D eigenvalue weighted by molar-refractivity contribution is 5.96. The minimum atomic E-state index is -0.300. The molecule has 3 heteroatoms. The van der Waals surface area contributed by atoms with Gasteiger partial charge in [0.05, 0.1) is 0 Å². The molecule has 0 saturated carbocycles. The van der Waals surface area contributed by atoms with Crippen molar-refractivity contribution in [2.24, 2.45) is 0 Å². The van der Waals surface area contributed by atoms with E-state index in [-0.39, 0.29) is 11.6 Å². The third-order valence-electron chi connectivity index (χ3n) is 4.40. The number of hydrogen-bond acceptors (Lipinski definition) is 2. The Morgan fingerprint density at radius 3 is 1.96 bits per heavy atom. The van der Waals surface area contributed by atoms with Crippen LogP contribution in [0.1, 0.15) is 87.9 Å². The van der Waals surface area contributed by atoms with Crippen molar-refractivity contribution in [3.63, 3.8) is 0 Å². The fourth-order valence-corrected chi connectivity index (χ4v) is 2.84. The van der Waals surface area contributed by atoms with Gasteiger partial charge >= 0.3 is 0 Å². The van der Waals surface area contributed by atoms with Crippen molar-refractivity contribution in [2.45, 2.75) is 77.6 Å². The number of carbonyl (C=O) groups is 1. The summed E-state index contributed by atoms with van der Waals surface area (Å²) in [6.07, 6.45) is 13.9. The van der Waals surface area contributed by atoms with E-state index in [4.69, 9.17) is 0 Å². The van der Waals surface area contributed by atoms with Crippen LogP contribution in [0, 0.1) is 5.82 Å². The number of benzene rings is 1. The molecule has 0 aliphatic rings. The Hall–Kier alpha value is -1.22. The summed E-state index contributed by atoms with van der Waals surface area (Å²) in [5.74, 6) is -0.226. The SMILES string of the molecule is CCCCCCCCCCCCNCCC(=O)c1ccc(F)cc1. The van der Waals surface area contributed by atoms with Gasteiger partial charge in [-0.05, 0) is 37.2 Å². The highest BCUT2D eigenvalue weighted by Gasteiger charge is 2.05. The van der Waals surface area contributed by atoms with E-state index >= 15 is 0 Å². The Kier molecular flexibility index (Phi) is 12.3. The zero-order chi connectivity index (χ0) is 17.5. The van der Waals surface area contributed by atoms with Gasteiger partial charge in [-0.15, -0.1) is 0 Å². The van der Waals surface area contributed by atoms with E-state index < -0.39 is 0 Å². The lowest BCUT2D eigenvalue weighted by atomic mass is 10.1. The minimum absolute atomic E-state index is 0.0746. The second-order valence-corrected chi connectivity index (χ2v) is 6.61. The summed E-state index contributed by atoms with van der Waals surface area (Å²) in [5, 5.41) is 3.33. The maximum absolute atomic E-state index is 12.8. The molecular weight excluding hydrogens is 301 g/mol. The number of halogens is 1. The summed E-state index contributed by atoms with van der Waals surface area (Å²) >= 11 is 0. The number of nitrogens with one attached hydrogen (secondary N) is 1. The molecule has 0 bridgehead atoms. The van der Waals surface area contributed by atoms with Gasteiger partial charge in [0.15, 0.2) is 5.78 Å². The Morgan fingerprint density at radius 2 is 1.38 bits per heavy atom. The molecule has 0 aliphatic heterocycles. The van der Waals surface area contributed by atoms with Gasteiger partial charge in [-0.2, -0.15) is 0 Å². The predicted molar refractivity (Wildman–Crippen MR) is 100 cm³/mol. The smallest absolute Gasteiger partial charge is 0.164 e. The van der Waals surface area contributed by atoms with Crippen molar-refractivity contribution in [1.82, 2.24) is 5.32 Å². The number of hydrogen-bond donors (Lipinski definition) is 1. The fraction of sp³-hybridized carbons (Fsp3) is 0.667. The van der Waals surface area contributed by atoms with Crippen molar-refractivity contribution >= 4 is 5.78 Å². The Morgan fingerprint density at radius 1 is 0.833 bits per heavy atom. The lowest BCUT2D eigenvalue weighted by Gasteiger charge is -2.05. The van der Waals surface area contributed by atoms with Gasteiger partial charge in [-0.1, -0.05) is 64.7 Å². The molecule has 1 aromatic rings. The standard InChI is InChI=1S/C21H34FNO/c1-2-3-4-5-6-7-8-9-10-11-17-23-18-16-21(24)19-12-14-20(22)15-13-19/h12-15,23H,2-11,16-18H2,1H3. The average molecular weight is 336 g/mol. The summed E-state index contributed by atoms with van der Waals surface area (Å²) in [6.45, 7) is 3.94. The quantitative estimate of drug-likeness (QED) is 0.319. The molecule has 136 valence electrons. The van der Waals surface area contributed by atoms with Crippen LogP contribution in [0.25, 0.3) is 0 Å². The summed E-state index contributed by atoms with van der Waals surface area (Å²) in [5.41, 5.74) is 0.595. The Labute approximate surface area is 147 Å². The van der Waals surface area contributed by atoms with Gasteiger partial charge in [-0.25, -0.2) is 4.39 Å². The van der Waals surface area contributed by atoms with Crippen LogP contribution < -0.4 is 5.32 Å². The maximum Gasteiger partial charge on any atom is 0.164 e. The molecule has 0 radical (unpaired) electrons. The van der Waals surface area contributed by atoms with Crippen molar-refractivity contribution < 1.29 is 9.18 Å². The van der Waals surface area contributed by atoms with Crippen LogP contribution >= 0.6 is 0 Å². The van der Waals surface area contributed by atoms with Gasteiger partial charge in [0.2, 0.25) is 0 Å². The van der Waals surface area contributed by atoms with Gasteiger partial charge < -0.3 is 5.32 Å². The summed E-state index contributed by atoms with van der Waals surface area (Å²) in [7, 11) is 0. The zero-order valence-electron chi connectivity index (χ0n) is 15.3. The second-order valence-electron chi connectivity index (χ2n) is 6.61. The molecule has 1 rings (SSSR count). The van der Waals surface area contributed by atoms with E-state index in [1.165, 1.54) is 76.3 Å². The van der Waals surface area contributed by atoms with E-state index in [9.17, 15) is 9.18 Å². The summed E-state index contributed by atoms with van der Waals surface area (Å²) < 4.78 is 12.8. The van der Waals surface area contributed by atoms with Crippen molar-refractivity contribution in [3.8, 4) is 0 Å². The molecule has 0 heterocycles. The Bertz CT molecular complexity index is 430. The average Bonchev–Trinajstić information content (AvgIpc) is 2.59. The van der Waals surface area contributed by atoms with Gasteiger partial charge in [0, 0.05) is 18.5 Å². The first-order valence-corrected chi connectivity index (χ1v) is 9.73. The first kappa shape index (κ1) is 20.8. The molecule has 0 fully saturated rings. The molecular formula is C21H34FNO. The zero-order valence-corrected chi connectivity index (χ0v) is 15.3. The van der Waals surface area contributed by atoms with Crippen LogP contribution in [0.15, 0.2) is 24.3 Å². The molecule has 2 nitrogen and oxygen atoms in total. The van der Waals surface area contributed by atoms with E-state index in [0.29, 0.717) is 18.5 Å². The highest BCUT2D eigenvalue weighted by Crippen LogP contribution is 2.10. The first-order chi connectivity index (χ1) is 11.7. The number of rotatable bonds is 15. The lowest BCUT2D eigenvalue weighted by molar-refractivity contribution is 0.0982. The largest absolute Gasteiger partial charge is 0.316 e. The van der Waals surface area contributed by atoms with Gasteiger partial charge in [-0.3, -0.25) is 4.79 Å². The van der Waals surface area contributed by atoms with Gasteiger partial charge in [0.1, 0.15) is 5.82 Å². The van der Waals surface area contributed by atoms with Gasteiger partial charge in [0.25, 0.3) is 0 Å². The maximum atomic E-state index is 12.8. The molecule has 0 unspecified atom stereocenters. The topological polar surface area (TPSA) is 29.1 Å². The number of unbranched alkanes of at least 4 members (excludes halogenated alkanes) is 9. The molecule has 0 atom stereocenters. The third kappa shape index (κ3) is 10.5. The Balaban J connectivity index is 1.87. The summed E-state index contributed by atoms with van der Waals surface area (Å²) in [6, 6.07) is 5.79. The van der Waals surface area contributed by atoms with Crippen LogP contribution in [0.2, 0.25) is 0 Å². The molecule has 0 saturated heterocycles. The number of carbonyl (C=O) groups excluding carboxylic acids is 1. The number of ketones is 1. The third-order valence-corrected chi connectivity index (χ3v) is 4.40. The first-order valence-electron chi connectivity index (χ1n) is 9.73. The van der Waals surface area contributed by atoms with E-state index in [2.05, 4.69) is 12.2 Å². The summed E-state index contributed by atoms with van der Waals surface area (Å²) in [4.78, 5) is 11.9. The van der Waals surface area contributed by atoms with Crippen LogP contribution in [-0.4, -0.2) is 18.9 Å². The molecule has 0 spiro atoms. The highest BCUT2D eigenvalue weighted by atomic mass is 19.1. The van der Waals surface area contributed by atoms with Crippen molar-refractivity contribution in [1.29, 1.82) is 0 Å². The molecule has 0 aromatic heterocycles. The van der Waals surface area contributed by atoms with Crippen molar-refractivity contribution in [2.75, 3.05) is 13.1 Å². The molecule has 1 aromatic carbocycles. The molecule has 24 heavy (non-hydrogen) atoms. The van der Waals surface area contributed by atoms with Crippen LogP contribution in [0.4, 0.5) is 4.39 Å². The van der Waals surface area contributed by atoms with E-state index in [1.807, 2.05) is 0 Å².